The first-order chi connectivity index (χ1) is 16.3. The van der Waals surface area contributed by atoms with Crippen LogP contribution in [-0.4, -0.2) is 61.5 Å². The van der Waals surface area contributed by atoms with Crippen molar-refractivity contribution in [1.82, 2.24) is 21.1 Å². The molecule has 0 bridgehead atoms. The summed E-state index contributed by atoms with van der Waals surface area (Å²) < 4.78 is 6.45. The van der Waals surface area contributed by atoms with Crippen molar-refractivity contribution in [3.8, 4) is 0 Å². The normalized spacial score (nSPS) is 32.3. The fraction of sp³-hybridized carbons (Fsp3) is 1.00. The number of hydrogen-bond acceptors (Lipinski definition) is 5. The molecule has 1 aliphatic heterocycles. The van der Waals surface area contributed by atoms with E-state index >= 15 is 0 Å². The molecule has 0 aromatic rings. The van der Waals surface area contributed by atoms with E-state index in [2.05, 4.69) is 34.9 Å². The Hall–Kier alpha value is -0.240. The second-order valence-electron chi connectivity index (χ2n) is 11.1. The van der Waals surface area contributed by atoms with E-state index in [-0.39, 0.29) is 5.48 Å². The maximum atomic E-state index is 6.45. The van der Waals surface area contributed by atoms with Crippen LogP contribution in [0.4, 0.5) is 0 Å². The van der Waals surface area contributed by atoms with Gasteiger partial charge >= 0.3 is 0 Å². The van der Waals surface area contributed by atoms with Crippen molar-refractivity contribution in [2.75, 3.05) is 32.8 Å². The molecule has 6 heteroatoms. The van der Waals surface area contributed by atoms with Crippen LogP contribution >= 0.6 is 0 Å². The zero-order valence-corrected chi connectivity index (χ0v) is 22.6. The van der Waals surface area contributed by atoms with E-state index < -0.39 is 0 Å². The molecule has 2 aliphatic carbocycles. The lowest BCUT2D eigenvalue weighted by Gasteiger charge is -2.40. The predicted octanol–water partition coefficient (Wildman–Crippen LogP) is 4.78. The van der Waals surface area contributed by atoms with Gasteiger partial charge in [-0.05, 0) is 95.7 Å². The van der Waals surface area contributed by atoms with Gasteiger partial charge in [0.05, 0.1) is 12.3 Å². The minimum atomic E-state index is 0. The molecule has 3 fully saturated rings. The molecule has 2 atom stereocenters. The maximum Gasteiger partial charge on any atom is 0.0701 e. The van der Waals surface area contributed by atoms with E-state index in [0.29, 0.717) is 12.3 Å². The molecule has 0 aromatic carbocycles. The highest BCUT2D eigenvalue weighted by molar-refractivity contribution is 4.85. The Morgan fingerprint density at radius 2 is 1.47 bits per heavy atom. The van der Waals surface area contributed by atoms with Gasteiger partial charge in [0.25, 0.3) is 0 Å². The Labute approximate surface area is 211 Å². The summed E-state index contributed by atoms with van der Waals surface area (Å²) in [6.07, 6.45) is 22.4. The Morgan fingerprint density at radius 3 is 2.21 bits per heavy atom. The Kier molecular flexibility index (Phi) is 15.9. The molecule has 3 aliphatic rings. The number of hydrazine groups is 1. The number of hydrogen-bond donors (Lipinski definition) is 3. The molecule has 0 aromatic heterocycles. The van der Waals surface area contributed by atoms with E-state index in [1.165, 1.54) is 109 Å². The number of ether oxygens (including phenoxy) is 1. The molecule has 0 amide bonds. The standard InChI is InChI=1S/C28H56N4O.H2O/c1-3-28-29-21-19-27(32(4-2)22-12-7-5-6-11-20-30-31-28)25-15-17-26(18-16-25)33-23-24-13-9-8-10-14-24;/h24-31H,3-23H2,1-2H3;1H2. The van der Waals surface area contributed by atoms with Crippen LogP contribution in [0.1, 0.15) is 117 Å². The molecule has 0 spiro atoms. The molecule has 1 saturated heterocycles. The van der Waals surface area contributed by atoms with Gasteiger partial charge in [-0.3, -0.25) is 5.43 Å². The van der Waals surface area contributed by atoms with Crippen molar-refractivity contribution >= 4 is 0 Å². The number of nitrogens with one attached hydrogen (secondary N) is 3. The van der Waals surface area contributed by atoms with E-state index in [9.17, 15) is 0 Å². The van der Waals surface area contributed by atoms with Crippen molar-refractivity contribution < 1.29 is 10.2 Å². The fourth-order valence-electron chi connectivity index (χ4n) is 6.50. The topological polar surface area (TPSA) is 80.1 Å². The molecule has 6 nitrogen and oxygen atoms in total. The van der Waals surface area contributed by atoms with E-state index in [0.717, 1.165) is 44.0 Å². The van der Waals surface area contributed by atoms with Crippen molar-refractivity contribution in [2.24, 2.45) is 11.8 Å². The summed E-state index contributed by atoms with van der Waals surface area (Å²) in [4.78, 5) is 2.84. The van der Waals surface area contributed by atoms with E-state index in [1.54, 1.807) is 0 Å². The minimum absolute atomic E-state index is 0. The third-order valence-corrected chi connectivity index (χ3v) is 8.69. The number of rotatable bonds is 6. The zero-order chi connectivity index (χ0) is 23.1. The first kappa shape index (κ1) is 30.0. The smallest absolute Gasteiger partial charge is 0.0701 e. The van der Waals surface area contributed by atoms with Gasteiger partial charge in [-0.25, -0.2) is 5.43 Å². The largest absolute Gasteiger partial charge is 0.412 e. The second-order valence-corrected chi connectivity index (χ2v) is 11.1. The van der Waals surface area contributed by atoms with E-state index in [4.69, 9.17) is 4.74 Å². The van der Waals surface area contributed by atoms with Gasteiger partial charge in [0.2, 0.25) is 0 Å². The van der Waals surface area contributed by atoms with Gasteiger partial charge in [-0.2, -0.15) is 0 Å². The molecule has 34 heavy (non-hydrogen) atoms. The third-order valence-electron chi connectivity index (χ3n) is 8.69. The quantitative estimate of drug-likeness (QED) is 0.508. The van der Waals surface area contributed by atoms with Gasteiger partial charge in [-0.1, -0.05) is 52.4 Å². The van der Waals surface area contributed by atoms with Crippen LogP contribution in [0.2, 0.25) is 0 Å². The van der Waals surface area contributed by atoms with Crippen molar-refractivity contribution in [3.63, 3.8) is 0 Å². The lowest BCUT2D eigenvalue weighted by molar-refractivity contribution is -0.0173. The monoisotopic (exact) mass is 482 g/mol. The molecule has 0 radical (unpaired) electrons. The maximum absolute atomic E-state index is 6.45. The SMILES string of the molecule is CCC1NCCC(C2CCC(OCC3CCCCC3)CC2)N(CC)CCCCCCCNN1.O. The molecular weight excluding hydrogens is 424 g/mol. The summed E-state index contributed by atoms with van der Waals surface area (Å²) in [5, 5.41) is 3.79. The first-order valence-electron chi connectivity index (χ1n) is 14.9. The lowest BCUT2D eigenvalue weighted by Crippen LogP contribution is -2.51. The molecular formula is C28H58N4O2. The average molecular weight is 483 g/mol. The zero-order valence-electron chi connectivity index (χ0n) is 22.6. The summed E-state index contributed by atoms with van der Waals surface area (Å²) in [6.45, 7) is 10.3. The first-order valence-corrected chi connectivity index (χ1v) is 14.9. The fourth-order valence-corrected chi connectivity index (χ4v) is 6.50. The summed E-state index contributed by atoms with van der Waals surface area (Å²) in [6, 6.07) is 0.720. The highest BCUT2D eigenvalue weighted by Crippen LogP contribution is 2.33. The predicted molar refractivity (Wildman–Crippen MR) is 144 cm³/mol. The second kappa shape index (κ2) is 18.1. The molecule has 1 heterocycles. The van der Waals surface area contributed by atoms with Crippen LogP contribution in [0.3, 0.4) is 0 Å². The van der Waals surface area contributed by atoms with Gasteiger partial charge in [-0.15, -0.1) is 0 Å². The van der Waals surface area contributed by atoms with Crippen molar-refractivity contribution in [2.45, 2.75) is 135 Å². The molecule has 2 unspecified atom stereocenters. The van der Waals surface area contributed by atoms with Gasteiger partial charge in [0, 0.05) is 19.2 Å². The molecule has 202 valence electrons. The molecule has 2 saturated carbocycles. The molecule has 3 rings (SSSR count). The summed E-state index contributed by atoms with van der Waals surface area (Å²) in [5.41, 5.74) is 6.97. The lowest BCUT2D eigenvalue weighted by atomic mass is 9.80. The van der Waals surface area contributed by atoms with Gasteiger partial charge in [0.15, 0.2) is 0 Å². The van der Waals surface area contributed by atoms with Gasteiger partial charge in [0.1, 0.15) is 0 Å². The summed E-state index contributed by atoms with van der Waals surface area (Å²) in [7, 11) is 0. The Bertz CT molecular complexity index is 481. The highest BCUT2D eigenvalue weighted by atomic mass is 16.5. The highest BCUT2D eigenvalue weighted by Gasteiger charge is 2.31. The summed E-state index contributed by atoms with van der Waals surface area (Å²) >= 11 is 0. The summed E-state index contributed by atoms with van der Waals surface area (Å²) in [5.74, 6) is 1.68. The number of nitrogens with zero attached hydrogens (tertiary/aromatic N) is 1. The van der Waals surface area contributed by atoms with Crippen molar-refractivity contribution in [1.29, 1.82) is 0 Å². The van der Waals surface area contributed by atoms with Crippen LogP contribution in [-0.2, 0) is 4.74 Å². The van der Waals surface area contributed by atoms with E-state index in [1.807, 2.05) is 0 Å². The Balaban J connectivity index is 0.00000408. The Morgan fingerprint density at radius 1 is 0.765 bits per heavy atom. The van der Waals surface area contributed by atoms with Crippen LogP contribution in [0.5, 0.6) is 0 Å². The average Bonchev–Trinajstić information content (AvgIpc) is 2.87. The molecule has 5 N–H and O–H groups in total. The van der Waals surface area contributed by atoms with Crippen molar-refractivity contribution in [3.05, 3.63) is 0 Å². The van der Waals surface area contributed by atoms with Crippen LogP contribution in [0.15, 0.2) is 0 Å². The van der Waals surface area contributed by atoms with Gasteiger partial charge < -0.3 is 20.4 Å². The minimum Gasteiger partial charge on any atom is -0.412 e. The van der Waals surface area contributed by atoms with Crippen LogP contribution < -0.4 is 16.2 Å². The van der Waals surface area contributed by atoms with Crippen LogP contribution in [0.25, 0.3) is 0 Å². The third kappa shape index (κ3) is 10.8. The van der Waals surface area contributed by atoms with Crippen LogP contribution in [0, 0.1) is 11.8 Å².